The van der Waals surface area contributed by atoms with Gasteiger partial charge in [0.2, 0.25) is 12.7 Å². The molecule has 10 heteroatoms. The quantitative estimate of drug-likeness (QED) is 0.667. The lowest BCUT2D eigenvalue weighted by molar-refractivity contribution is -0.0391. The molecule has 0 unspecified atom stereocenters. The first-order valence-corrected chi connectivity index (χ1v) is 12.3. The van der Waals surface area contributed by atoms with E-state index in [9.17, 15) is 9.32 Å². The van der Waals surface area contributed by atoms with Crippen LogP contribution in [0.5, 0.6) is 11.5 Å². The van der Waals surface area contributed by atoms with Crippen LogP contribution in [0.1, 0.15) is 30.5 Å². The fraction of sp³-hybridized carbons (Fsp3) is 0.545. The summed E-state index contributed by atoms with van der Waals surface area (Å²) >= 11 is 0. The highest BCUT2D eigenvalue weighted by Gasteiger charge is 2.47. The molecule has 0 spiro atoms. The van der Waals surface area contributed by atoms with Crippen molar-refractivity contribution in [1.29, 1.82) is 0 Å². The number of aliphatic hydroxyl groups excluding tert-OH is 1. The van der Waals surface area contributed by atoms with E-state index in [2.05, 4.69) is 10.2 Å². The Balaban J connectivity index is 1.29. The Morgan fingerprint density at radius 3 is 2.78 bits per heavy atom. The fourth-order valence-electron chi connectivity index (χ4n) is 4.91. The Morgan fingerprint density at radius 2 is 2.06 bits per heavy atom. The Hall–Kier alpha value is -2.43. The first-order chi connectivity index (χ1) is 15.5. The lowest BCUT2D eigenvalue weighted by Crippen LogP contribution is -2.61. The monoisotopic (exact) mass is 458 g/mol. The van der Waals surface area contributed by atoms with E-state index in [1.54, 1.807) is 7.11 Å². The molecule has 1 aliphatic carbocycles. The molecule has 2 fully saturated rings. The molecule has 9 nitrogen and oxygen atoms in total. The average Bonchev–Trinajstić information content (AvgIpc) is 3.37. The van der Waals surface area contributed by atoms with Crippen LogP contribution in [0.3, 0.4) is 0 Å². The van der Waals surface area contributed by atoms with Crippen LogP contribution in [-0.2, 0) is 27.6 Å². The molecule has 1 aromatic heterocycles. The van der Waals surface area contributed by atoms with Crippen molar-refractivity contribution >= 4 is 22.6 Å². The number of hydrogen-bond acceptors (Lipinski definition) is 9. The molecule has 6 rings (SSSR count). The average molecular weight is 459 g/mol. The molecule has 1 saturated carbocycles. The maximum atomic E-state index is 12.6. The normalized spacial score (nSPS) is 23.9. The van der Waals surface area contributed by atoms with Gasteiger partial charge in [-0.3, -0.25) is 4.21 Å². The lowest BCUT2D eigenvalue weighted by Gasteiger charge is -2.49. The molecule has 1 aromatic carbocycles. The van der Waals surface area contributed by atoms with E-state index < -0.39 is 16.4 Å². The van der Waals surface area contributed by atoms with Gasteiger partial charge in [0.05, 0.1) is 41.7 Å². The summed E-state index contributed by atoms with van der Waals surface area (Å²) in [6.07, 6.45) is 3.49. The van der Waals surface area contributed by atoms with Gasteiger partial charge in [-0.25, -0.2) is 4.98 Å². The highest BCUT2D eigenvalue weighted by Crippen LogP contribution is 2.43. The van der Waals surface area contributed by atoms with Crippen LogP contribution < -0.4 is 19.7 Å². The highest BCUT2D eigenvalue weighted by atomic mass is 32.2. The van der Waals surface area contributed by atoms with Gasteiger partial charge in [0.15, 0.2) is 11.5 Å². The Kier molecular flexibility index (Phi) is 4.60. The first kappa shape index (κ1) is 20.2. The van der Waals surface area contributed by atoms with Gasteiger partial charge in [-0.15, -0.1) is 0 Å². The molecule has 0 radical (unpaired) electrons. The smallest absolute Gasteiger partial charge is 0.231 e. The summed E-state index contributed by atoms with van der Waals surface area (Å²) < 4.78 is 29.5. The number of nitrogens with zero attached hydrogens (tertiary/aromatic N) is 3. The predicted molar refractivity (Wildman–Crippen MR) is 118 cm³/mol. The summed E-state index contributed by atoms with van der Waals surface area (Å²) in [6.45, 7) is 1.46. The minimum Gasteiger partial charge on any atom is -0.454 e. The van der Waals surface area contributed by atoms with Crippen LogP contribution in [-0.4, -0.2) is 64.2 Å². The predicted octanol–water partition coefficient (Wildman–Crippen LogP) is 1.56. The van der Waals surface area contributed by atoms with E-state index in [-0.39, 0.29) is 18.9 Å². The number of methoxy groups -OCH3 is 1. The van der Waals surface area contributed by atoms with Crippen molar-refractivity contribution in [1.82, 2.24) is 9.97 Å². The molecular formula is C22H26N4O5S. The van der Waals surface area contributed by atoms with Crippen molar-refractivity contribution < 1.29 is 23.5 Å². The van der Waals surface area contributed by atoms with Crippen molar-refractivity contribution in [2.24, 2.45) is 0 Å². The van der Waals surface area contributed by atoms with Crippen LogP contribution >= 0.6 is 0 Å². The largest absolute Gasteiger partial charge is 0.454 e. The number of rotatable bonds is 6. The van der Waals surface area contributed by atoms with Crippen LogP contribution in [0.25, 0.3) is 0 Å². The van der Waals surface area contributed by atoms with Crippen molar-refractivity contribution in [3.8, 4) is 11.5 Å². The summed E-state index contributed by atoms with van der Waals surface area (Å²) in [4.78, 5) is 12.3. The number of benzene rings is 1. The van der Waals surface area contributed by atoms with Gasteiger partial charge in [-0.1, -0.05) is 6.07 Å². The molecule has 1 atom stereocenters. The third-order valence-electron chi connectivity index (χ3n) is 7.14. The summed E-state index contributed by atoms with van der Waals surface area (Å²) in [6, 6.07) is 5.90. The van der Waals surface area contributed by atoms with Crippen LogP contribution in [0.2, 0.25) is 0 Å². The topological polar surface area (TPSA) is 106 Å². The van der Waals surface area contributed by atoms with Crippen molar-refractivity contribution in [3.63, 3.8) is 0 Å². The highest BCUT2D eigenvalue weighted by molar-refractivity contribution is 7.85. The number of aromatic nitrogens is 2. The summed E-state index contributed by atoms with van der Waals surface area (Å²) in [7, 11) is 0.597. The molecule has 170 valence electrons. The van der Waals surface area contributed by atoms with E-state index in [0.29, 0.717) is 41.9 Å². The van der Waals surface area contributed by atoms with Crippen molar-refractivity contribution in [2.45, 2.75) is 41.7 Å². The second-order valence-corrected chi connectivity index (χ2v) is 10.5. The maximum absolute atomic E-state index is 12.6. The number of anilines is 2. The number of nitrogens with one attached hydrogen (secondary N) is 1. The number of fused-ring (bicyclic) bond motifs is 2. The molecule has 2 N–H and O–H groups in total. The van der Waals surface area contributed by atoms with Gasteiger partial charge in [0, 0.05) is 19.3 Å². The van der Waals surface area contributed by atoms with Gasteiger partial charge in [0.1, 0.15) is 16.3 Å². The number of aliphatic hydroxyl groups is 1. The summed E-state index contributed by atoms with van der Waals surface area (Å²) in [5.74, 6) is 3.25. The maximum Gasteiger partial charge on any atom is 0.231 e. The molecular weight excluding hydrogens is 432 g/mol. The lowest BCUT2D eigenvalue weighted by atomic mass is 9.77. The van der Waals surface area contributed by atoms with E-state index >= 15 is 0 Å². The van der Waals surface area contributed by atoms with E-state index in [1.807, 2.05) is 18.2 Å². The van der Waals surface area contributed by atoms with E-state index in [4.69, 9.17) is 24.2 Å². The van der Waals surface area contributed by atoms with Crippen LogP contribution in [0, 0.1) is 0 Å². The molecule has 0 amide bonds. The summed E-state index contributed by atoms with van der Waals surface area (Å²) in [5, 5.41) is 13.3. The molecule has 4 aliphatic rings. The van der Waals surface area contributed by atoms with Crippen LogP contribution in [0.4, 0.5) is 11.8 Å². The number of ether oxygens (including phenoxy) is 3. The van der Waals surface area contributed by atoms with Crippen LogP contribution in [0.15, 0.2) is 23.1 Å². The second kappa shape index (κ2) is 7.29. The molecule has 0 bridgehead atoms. The van der Waals surface area contributed by atoms with Gasteiger partial charge in [0.25, 0.3) is 0 Å². The third-order valence-corrected chi connectivity index (χ3v) is 8.60. The fourth-order valence-corrected chi connectivity index (χ4v) is 6.21. The first-order valence-electron chi connectivity index (χ1n) is 10.9. The molecule has 2 aromatic rings. The minimum atomic E-state index is -1.11. The summed E-state index contributed by atoms with van der Waals surface area (Å²) in [5.41, 5.74) is 1.00. The molecule has 1 saturated heterocycles. The standard InChI is InChI=1S/C22H26N4O5S/c1-29-22(14-3-4-16-17(9-14)31-13-30-16)10-26(11-22)20-23-15-5-8-32(28)18(15)19(24-20)25-21(12-27)6-2-7-21/h3-4,9,27H,2,5-8,10-13H2,1H3,(H,23,24,25)/t32-/m1/s1. The molecule has 4 heterocycles. The van der Waals surface area contributed by atoms with Gasteiger partial charge in [-0.2, -0.15) is 4.98 Å². The zero-order valence-corrected chi connectivity index (χ0v) is 18.7. The van der Waals surface area contributed by atoms with Crippen molar-refractivity contribution in [3.05, 3.63) is 29.5 Å². The van der Waals surface area contributed by atoms with E-state index in [0.717, 1.165) is 42.0 Å². The van der Waals surface area contributed by atoms with Gasteiger partial charge >= 0.3 is 0 Å². The Bertz CT molecular complexity index is 1090. The third kappa shape index (κ3) is 3.00. The molecule has 32 heavy (non-hydrogen) atoms. The number of hydrogen-bond donors (Lipinski definition) is 2. The van der Waals surface area contributed by atoms with Crippen molar-refractivity contribution in [2.75, 3.05) is 49.6 Å². The minimum absolute atomic E-state index is 0.0361. The van der Waals surface area contributed by atoms with E-state index in [1.165, 1.54) is 0 Å². The Labute approximate surface area is 188 Å². The second-order valence-electron chi connectivity index (χ2n) is 8.99. The van der Waals surface area contributed by atoms with Gasteiger partial charge in [-0.05, 0) is 37.0 Å². The number of aryl methyl sites for hydroxylation is 1. The molecule has 3 aliphatic heterocycles. The van der Waals surface area contributed by atoms with Gasteiger partial charge < -0.3 is 29.5 Å². The zero-order chi connectivity index (χ0) is 21.9. The zero-order valence-electron chi connectivity index (χ0n) is 17.9. The SMILES string of the molecule is COC1(c2ccc3c(c2)OCO3)CN(c2nc3c(c(NC4(CO)CCC4)n2)[S@](=O)CC3)C1. The Morgan fingerprint density at radius 1 is 1.25 bits per heavy atom.